The van der Waals surface area contributed by atoms with Crippen LogP contribution in [0.15, 0.2) is 65.3 Å². The van der Waals surface area contributed by atoms with Gasteiger partial charge in [-0.1, -0.05) is 48.5 Å². The molecular formula is C15H10BrN. The van der Waals surface area contributed by atoms with Crippen LogP contribution in [0.5, 0.6) is 0 Å². The van der Waals surface area contributed by atoms with Crippen molar-refractivity contribution < 1.29 is 0 Å². The van der Waals surface area contributed by atoms with Crippen molar-refractivity contribution in [1.82, 2.24) is 4.98 Å². The molecule has 2 aromatic carbocycles. The maximum Gasteiger partial charge on any atom is 0.114 e. The third kappa shape index (κ3) is 1.96. The lowest BCUT2D eigenvalue weighted by molar-refractivity contribution is 1.35. The van der Waals surface area contributed by atoms with Crippen LogP contribution < -0.4 is 0 Å². The molecule has 0 N–H and O–H groups in total. The van der Waals surface area contributed by atoms with Crippen LogP contribution in [0, 0.1) is 0 Å². The number of halogens is 1. The lowest BCUT2D eigenvalue weighted by Crippen LogP contribution is -1.85. The molecule has 17 heavy (non-hydrogen) atoms. The number of pyridine rings is 1. The van der Waals surface area contributed by atoms with E-state index in [4.69, 9.17) is 0 Å². The summed E-state index contributed by atoms with van der Waals surface area (Å²) >= 11 is 3.54. The van der Waals surface area contributed by atoms with Gasteiger partial charge < -0.3 is 0 Å². The molecule has 0 aliphatic carbocycles. The van der Waals surface area contributed by atoms with Crippen LogP contribution in [0.2, 0.25) is 0 Å². The van der Waals surface area contributed by atoms with E-state index in [0.717, 1.165) is 21.1 Å². The van der Waals surface area contributed by atoms with Crippen molar-refractivity contribution in [2.75, 3.05) is 0 Å². The number of para-hydroxylation sites is 1. The summed E-state index contributed by atoms with van der Waals surface area (Å²) in [6.07, 6.45) is 0. The molecule has 0 radical (unpaired) electrons. The Morgan fingerprint density at radius 1 is 0.824 bits per heavy atom. The second-order valence-corrected chi connectivity index (χ2v) is 4.64. The maximum atomic E-state index is 4.57. The van der Waals surface area contributed by atoms with E-state index in [1.807, 2.05) is 36.4 Å². The summed E-state index contributed by atoms with van der Waals surface area (Å²) in [6, 6.07) is 20.6. The predicted molar refractivity (Wildman–Crippen MR) is 74.9 cm³/mol. The van der Waals surface area contributed by atoms with Gasteiger partial charge in [0.15, 0.2) is 0 Å². The fourth-order valence-electron chi connectivity index (χ4n) is 1.91. The fraction of sp³-hybridized carbons (Fsp3) is 0. The highest BCUT2D eigenvalue weighted by atomic mass is 79.9. The van der Waals surface area contributed by atoms with Crippen LogP contribution >= 0.6 is 15.9 Å². The molecule has 0 fully saturated rings. The van der Waals surface area contributed by atoms with Crippen molar-refractivity contribution in [2.45, 2.75) is 0 Å². The van der Waals surface area contributed by atoms with Crippen molar-refractivity contribution in [1.29, 1.82) is 0 Å². The Labute approximate surface area is 108 Å². The van der Waals surface area contributed by atoms with Gasteiger partial charge in [-0.05, 0) is 33.6 Å². The van der Waals surface area contributed by atoms with E-state index in [-0.39, 0.29) is 0 Å². The molecular weight excluding hydrogens is 274 g/mol. The Balaban J connectivity index is 2.27. The lowest BCUT2D eigenvalue weighted by atomic mass is 10.1. The average Bonchev–Trinajstić information content (AvgIpc) is 2.39. The van der Waals surface area contributed by atoms with Crippen molar-refractivity contribution in [3.8, 4) is 11.1 Å². The number of nitrogens with zero attached hydrogens (tertiary/aromatic N) is 1. The van der Waals surface area contributed by atoms with E-state index in [9.17, 15) is 0 Å². The molecule has 3 aromatic rings. The van der Waals surface area contributed by atoms with Crippen LogP contribution in [0.4, 0.5) is 0 Å². The Bertz CT molecular complexity index is 662. The summed E-state index contributed by atoms with van der Waals surface area (Å²) < 4.78 is 0.891. The van der Waals surface area contributed by atoms with Crippen molar-refractivity contribution in [3.05, 3.63) is 65.3 Å². The molecule has 0 saturated heterocycles. The van der Waals surface area contributed by atoms with Gasteiger partial charge in [0.25, 0.3) is 0 Å². The SMILES string of the molecule is Brc1nc2ccccc2cc1-c1ccccc1. The quantitative estimate of drug-likeness (QED) is 0.592. The normalized spacial score (nSPS) is 10.6. The van der Waals surface area contributed by atoms with E-state index in [1.165, 1.54) is 5.56 Å². The third-order valence-electron chi connectivity index (χ3n) is 2.76. The lowest BCUT2D eigenvalue weighted by Gasteiger charge is -2.06. The average molecular weight is 284 g/mol. The van der Waals surface area contributed by atoms with E-state index < -0.39 is 0 Å². The number of aromatic nitrogens is 1. The van der Waals surface area contributed by atoms with Crippen LogP contribution in [0.1, 0.15) is 0 Å². The van der Waals surface area contributed by atoms with Crippen LogP contribution in [-0.2, 0) is 0 Å². The first-order valence-corrected chi connectivity index (χ1v) is 6.24. The van der Waals surface area contributed by atoms with Gasteiger partial charge in [-0.25, -0.2) is 4.98 Å². The third-order valence-corrected chi connectivity index (χ3v) is 3.37. The van der Waals surface area contributed by atoms with E-state index in [0.29, 0.717) is 0 Å². The molecule has 0 atom stereocenters. The highest BCUT2D eigenvalue weighted by Gasteiger charge is 2.05. The molecule has 0 aliphatic heterocycles. The van der Waals surface area contributed by atoms with Gasteiger partial charge in [-0.15, -0.1) is 0 Å². The number of benzene rings is 2. The topological polar surface area (TPSA) is 12.9 Å². The Morgan fingerprint density at radius 3 is 2.35 bits per heavy atom. The molecule has 0 bridgehead atoms. The number of hydrogen-bond donors (Lipinski definition) is 0. The molecule has 0 saturated carbocycles. The van der Waals surface area contributed by atoms with Crippen molar-refractivity contribution in [2.24, 2.45) is 0 Å². The molecule has 0 amide bonds. The number of fused-ring (bicyclic) bond motifs is 1. The second-order valence-electron chi connectivity index (χ2n) is 3.89. The molecule has 82 valence electrons. The summed E-state index contributed by atoms with van der Waals surface area (Å²) in [5.74, 6) is 0. The molecule has 1 nitrogen and oxygen atoms in total. The minimum atomic E-state index is 0.891. The van der Waals surface area contributed by atoms with Gasteiger partial charge in [0.2, 0.25) is 0 Å². The maximum absolute atomic E-state index is 4.57. The van der Waals surface area contributed by atoms with Crippen LogP contribution in [-0.4, -0.2) is 4.98 Å². The zero-order valence-corrected chi connectivity index (χ0v) is 10.7. The highest BCUT2D eigenvalue weighted by molar-refractivity contribution is 9.10. The standard InChI is InChI=1S/C15H10BrN/c16-15-13(11-6-2-1-3-7-11)10-12-8-4-5-9-14(12)17-15/h1-10H. The van der Waals surface area contributed by atoms with Crippen LogP contribution in [0.3, 0.4) is 0 Å². The minimum absolute atomic E-state index is 0.891. The van der Waals surface area contributed by atoms with Gasteiger partial charge in [0.05, 0.1) is 5.52 Å². The summed E-state index contributed by atoms with van der Waals surface area (Å²) in [7, 11) is 0. The largest absolute Gasteiger partial charge is 0.240 e. The molecule has 3 rings (SSSR count). The van der Waals surface area contributed by atoms with E-state index in [2.05, 4.69) is 45.2 Å². The van der Waals surface area contributed by atoms with Gasteiger partial charge in [-0.3, -0.25) is 0 Å². The summed E-state index contributed by atoms with van der Waals surface area (Å²) in [6.45, 7) is 0. The molecule has 0 aliphatic rings. The molecule has 1 heterocycles. The minimum Gasteiger partial charge on any atom is -0.240 e. The van der Waals surface area contributed by atoms with Crippen molar-refractivity contribution >= 4 is 26.8 Å². The zero-order valence-electron chi connectivity index (χ0n) is 9.10. The number of hydrogen-bond acceptors (Lipinski definition) is 1. The first-order chi connectivity index (χ1) is 8.34. The van der Waals surface area contributed by atoms with E-state index >= 15 is 0 Å². The molecule has 1 aromatic heterocycles. The zero-order chi connectivity index (χ0) is 11.7. The Hall–Kier alpha value is -1.67. The Morgan fingerprint density at radius 2 is 1.53 bits per heavy atom. The smallest absolute Gasteiger partial charge is 0.114 e. The first kappa shape index (κ1) is 10.5. The molecule has 0 unspecified atom stereocenters. The number of rotatable bonds is 1. The van der Waals surface area contributed by atoms with Crippen LogP contribution in [0.25, 0.3) is 22.0 Å². The van der Waals surface area contributed by atoms with Gasteiger partial charge >= 0.3 is 0 Å². The Kier molecular flexibility index (Phi) is 2.65. The van der Waals surface area contributed by atoms with Gasteiger partial charge in [0, 0.05) is 10.9 Å². The van der Waals surface area contributed by atoms with E-state index in [1.54, 1.807) is 0 Å². The molecule has 2 heteroatoms. The van der Waals surface area contributed by atoms with Gasteiger partial charge in [-0.2, -0.15) is 0 Å². The summed E-state index contributed by atoms with van der Waals surface area (Å²) in [5.41, 5.74) is 3.32. The summed E-state index contributed by atoms with van der Waals surface area (Å²) in [5, 5.41) is 1.16. The monoisotopic (exact) mass is 283 g/mol. The first-order valence-electron chi connectivity index (χ1n) is 5.45. The highest BCUT2D eigenvalue weighted by Crippen LogP contribution is 2.29. The van der Waals surface area contributed by atoms with Crippen molar-refractivity contribution in [3.63, 3.8) is 0 Å². The predicted octanol–water partition coefficient (Wildman–Crippen LogP) is 4.66. The fourth-order valence-corrected chi connectivity index (χ4v) is 2.45. The summed E-state index contributed by atoms with van der Waals surface area (Å²) in [4.78, 5) is 4.57. The molecule has 0 spiro atoms. The second kappa shape index (κ2) is 4.30. The van der Waals surface area contributed by atoms with Gasteiger partial charge in [0.1, 0.15) is 4.60 Å².